The van der Waals surface area contributed by atoms with E-state index in [-0.39, 0.29) is 16.7 Å². The molecule has 0 unspecified atom stereocenters. The summed E-state index contributed by atoms with van der Waals surface area (Å²) in [5, 5.41) is 8.82. The lowest BCUT2D eigenvalue weighted by Crippen LogP contribution is -2.33. The Hall–Kier alpha value is -2.69. The number of rotatable bonds is 2. The standard InChI is InChI=1S/C22H19F2N3/c23-17-6-1-7-18(24)20(17)19-12-16-14-4-2-9-22(10-8-14,21(16)27-26-19)15-5-3-11-25-13-15/h1,3,5-7,11-14H,2,4,8-10H2/t14-,22+/m0/s1. The molecule has 2 aromatic heterocycles. The van der Waals surface area contributed by atoms with E-state index in [2.05, 4.69) is 21.2 Å². The van der Waals surface area contributed by atoms with Crippen LogP contribution in [0.3, 0.4) is 0 Å². The van der Waals surface area contributed by atoms with Gasteiger partial charge in [0.25, 0.3) is 0 Å². The fraction of sp³-hybridized carbons (Fsp3) is 0.318. The average molecular weight is 363 g/mol. The van der Waals surface area contributed by atoms with Gasteiger partial charge in [0.15, 0.2) is 0 Å². The Morgan fingerprint density at radius 1 is 0.963 bits per heavy atom. The predicted molar refractivity (Wildman–Crippen MR) is 98.2 cm³/mol. The van der Waals surface area contributed by atoms with Crippen LogP contribution in [0.2, 0.25) is 0 Å². The van der Waals surface area contributed by atoms with Crippen LogP contribution < -0.4 is 0 Å². The highest BCUT2D eigenvalue weighted by atomic mass is 19.1. The van der Waals surface area contributed by atoms with Crippen molar-refractivity contribution in [2.75, 3.05) is 0 Å². The zero-order valence-corrected chi connectivity index (χ0v) is 14.8. The molecule has 0 radical (unpaired) electrons. The smallest absolute Gasteiger partial charge is 0.135 e. The van der Waals surface area contributed by atoms with E-state index < -0.39 is 11.6 Å². The summed E-state index contributed by atoms with van der Waals surface area (Å²) in [5.74, 6) is -0.841. The van der Waals surface area contributed by atoms with Crippen molar-refractivity contribution in [2.24, 2.45) is 0 Å². The highest BCUT2D eigenvalue weighted by Crippen LogP contribution is 2.53. The number of pyridine rings is 1. The van der Waals surface area contributed by atoms with Crippen LogP contribution in [0.4, 0.5) is 8.78 Å². The van der Waals surface area contributed by atoms with Crippen molar-refractivity contribution in [2.45, 2.75) is 43.4 Å². The van der Waals surface area contributed by atoms with Gasteiger partial charge in [-0.05, 0) is 67.0 Å². The first-order valence-electron chi connectivity index (χ1n) is 9.42. The molecule has 0 saturated heterocycles. The molecule has 2 heterocycles. The molecule has 1 fully saturated rings. The molecule has 1 aromatic carbocycles. The molecule has 2 bridgehead atoms. The second-order valence-corrected chi connectivity index (χ2v) is 7.58. The van der Waals surface area contributed by atoms with Crippen LogP contribution in [-0.2, 0) is 5.41 Å². The average Bonchev–Trinajstić information content (AvgIpc) is 3.01. The third-order valence-electron chi connectivity index (χ3n) is 6.23. The Labute approximate surface area is 156 Å². The van der Waals surface area contributed by atoms with Gasteiger partial charge in [0.2, 0.25) is 0 Å². The Kier molecular flexibility index (Phi) is 3.78. The number of benzene rings is 1. The summed E-state index contributed by atoms with van der Waals surface area (Å²) < 4.78 is 28.5. The molecule has 0 N–H and O–H groups in total. The summed E-state index contributed by atoms with van der Waals surface area (Å²) in [6.07, 6.45) is 8.93. The highest BCUT2D eigenvalue weighted by molar-refractivity contribution is 5.62. The van der Waals surface area contributed by atoms with E-state index in [1.807, 2.05) is 18.3 Å². The lowest BCUT2D eigenvalue weighted by molar-refractivity contribution is 0.398. The van der Waals surface area contributed by atoms with Gasteiger partial charge in [-0.1, -0.05) is 18.6 Å². The first-order chi connectivity index (χ1) is 13.2. The van der Waals surface area contributed by atoms with Gasteiger partial charge in [-0.2, -0.15) is 5.10 Å². The molecule has 1 saturated carbocycles. The Balaban J connectivity index is 1.71. The zero-order valence-electron chi connectivity index (χ0n) is 14.8. The Bertz CT molecular complexity index is 981. The van der Waals surface area contributed by atoms with Gasteiger partial charge in [-0.3, -0.25) is 4.98 Å². The predicted octanol–water partition coefficient (Wildman–Crippen LogP) is 5.16. The molecule has 0 amide bonds. The van der Waals surface area contributed by atoms with Crippen molar-refractivity contribution in [1.82, 2.24) is 15.2 Å². The van der Waals surface area contributed by atoms with Crippen LogP contribution in [0.25, 0.3) is 11.3 Å². The first-order valence-corrected chi connectivity index (χ1v) is 9.42. The van der Waals surface area contributed by atoms with Crippen LogP contribution in [0, 0.1) is 11.6 Å². The van der Waals surface area contributed by atoms with Crippen LogP contribution >= 0.6 is 0 Å². The summed E-state index contributed by atoms with van der Waals surface area (Å²) in [5.41, 5.74) is 3.20. The van der Waals surface area contributed by atoms with Crippen molar-refractivity contribution in [3.8, 4) is 11.3 Å². The molecule has 3 aliphatic carbocycles. The Morgan fingerprint density at radius 2 is 1.81 bits per heavy atom. The minimum absolute atomic E-state index is 0.0941. The van der Waals surface area contributed by atoms with Crippen LogP contribution in [0.1, 0.15) is 54.8 Å². The van der Waals surface area contributed by atoms with Gasteiger partial charge in [0.1, 0.15) is 11.6 Å². The lowest BCUT2D eigenvalue weighted by atomic mass is 9.67. The second-order valence-electron chi connectivity index (χ2n) is 7.58. The molecule has 136 valence electrons. The summed E-state index contributed by atoms with van der Waals surface area (Å²) in [7, 11) is 0. The molecule has 0 aliphatic heterocycles. The third-order valence-corrected chi connectivity index (χ3v) is 6.23. The number of aromatic nitrogens is 3. The van der Waals surface area contributed by atoms with Gasteiger partial charge >= 0.3 is 0 Å². The van der Waals surface area contributed by atoms with E-state index in [4.69, 9.17) is 0 Å². The number of halogens is 2. The number of hydrogen-bond donors (Lipinski definition) is 0. The van der Waals surface area contributed by atoms with Crippen molar-refractivity contribution < 1.29 is 8.78 Å². The van der Waals surface area contributed by atoms with E-state index in [0.717, 1.165) is 48.9 Å². The van der Waals surface area contributed by atoms with Crippen molar-refractivity contribution in [1.29, 1.82) is 0 Å². The largest absolute Gasteiger partial charge is 0.264 e. The van der Waals surface area contributed by atoms with Gasteiger partial charge in [0.05, 0.1) is 17.0 Å². The quantitative estimate of drug-likeness (QED) is 0.631. The van der Waals surface area contributed by atoms with Crippen molar-refractivity contribution in [3.05, 3.63) is 77.2 Å². The van der Waals surface area contributed by atoms with Gasteiger partial charge < -0.3 is 0 Å². The third kappa shape index (κ3) is 2.48. The fourth-order valence-corrected chi connectivity index (χ4v) is 4.91. The number of nitrogens with zero attached hydrogens (tertiary/aromatic N) is 3. The molecular weight excluding hydrogens is 344 g/mol. The molecule has 3 aromatic rings. The van der Waals surface area contributed by atoms with E-state index in [1.54, 1.807) is 6.20 Å². The van der Waals surface area contributed by atoms with E-state index in [9.17, 15) is 8.78 Å². The first kappa shape index (κ1) is 16.5. The maximum absolute atomic E-state index is 14.3. The minimum atomic E-state index is -0.606. The second kappa shape index (κ2) is 6.19. The monoisotopic (exact) mass is 363 g/mol. The molecule has 5 heteroatoms. The molecule has 6 rings (SSSR count). The summed E-state index contributed by atoms with van der Waals surface area (Å²) in [4.78, 5) is 4.31. The molecule has 27 heavy (non-hydrogen) atoms. The molecule has 2 atom stereocenters. The molecule has 3 nitrogen and oxygen atoms in total. The van der Waals surface area contributed by atoms with Crippen molar-refractivity contribution >= 4 is 0 Å². The normalized spacial score (nSPS) is 23.7. The van der Waals surface area contributed by atoms with Gasteiger partial charge in [-0.25, -0.2) is 8.78 Å². The van der Waals surface area contributed by atoms with Gasteiger partial charge in [0, 0.05) is 17.8 Å². The van der Waals surface area contributed by atoms with E-state index >= 15 is 0 Å². The Morgan fingerprint density at radius 3 is 2.59 bits per heavy atom. The van der Waals surface area contributed by atoms with Crippen LogP contribution in [-0.4, -0.2) is 15.2 Å². The molecular formula is C22H19F2N3. The number of hydrogen-bond acceptors (Lipinski definition) is 3. The lowest BCUT2D eigenvalue weighted by Gasteiger charge is -2.37. The fourth-order valence-electron chi connectivity index (χ4n) is 4.91. The van der Waals surface area contributed by atoms with Gasteiger partial charge in [-0.15, -0.1) is 5.10 Å². The van der Waals surface area contributed by atoms with Crippen molar-refractivity contribution in [3.63, 3.8) is 0 Å². The number of fused-ring (bicyclic) bond motifs is 3. The topological polar surface area (TPSA) is 38.7 Å². The maximum atomic E-state index is 14.3. The SMILES string of the molecule is Fc1cccc(F)c1-c1cc2c(nn1)[C@]1(c3cccnc3)CCC[C@H]2CC1. The minimum Gasteiger partial charge on any atom is -0.264 e. The molecule has 3 aliphatic rings. The highest BCUT2D eigenvalue weighted by Gasteiger charge is 2.45. The summed E-state index contributed by atoms with van der Waals surface area (Å²) >= 11 is 0. The van der Waals surface area contributed by atoms with Crippen LogP contribution in [0.5, 0.6) is 0 Å². The molecule has 0 spiro atoms. The maximum Gasteiger partial charge on any atom is 0.135 e. The summed E-state index contributed by atoms with van der Waals surface area (Å²) in [6, 6.07) is 9.81. The van der Waals surface area contributed by atoms with E-state index in [1.165, 1.54) is 18.2 Å². The zero-order chi connectivity index (χ0) is 18.4. The summed E-state index contributed by atoms with van der Waals surface area (Å²) in [6.45, 7) is 0. The van der Waals surface area contributed by atoms with Crippen LogP contribution in [0.15, 0.2) is 48.8 Å². The van der Waals surface area contributed by atoms with E-state index in [0.29, 0.717) is 5.92 Å².